The minimum absolute atomic E-state index is 0.0603. The van der Waals surface area contributed by atoms with Gasteiger partial charge < -0.3 is 5.32 Å². The molecule has 0 unspecified atom stereocenters. The van der Waals surface area contributed by atoms with Crippen molar-refractivity contribution in [1.82, 2.24) is 19.9 Å². The van der Waals surface area contributed by atoms with Gasteiger partial charge in [0.2, 0.25) is 5.91 Å². The molecule has 0 radical (unpaired) electrons. The van der Waals surface area contributed by atoms with Crippen LogP contribution in [-0.4, -0.2) is 20.4 Å². The third-order valence-electron chi connectivity index (χ3n) is 4.44. The standard InChI is InChI=1S/C20H14N4O2S3/c25-16(21-9-12-3-1-7-27-12)10-24-11-22-17-13-5-6-14(15-4-2-8-28-15)23-19(13)29-18(17)20(24)26/h1-8,11H,9-10H2,(H,21,25). The molecule has 5 aromatic rings. The first-order chi connectivity index (χ1) is 14.2. The summed E-state index contributed by atoms with van der Waals surface area (Å²) in [5.74, 6) is -0.221. The average molecular weight is 439 g/mol. The number of pyridine rings is 1. The number of rotatable bonds is 5. The summed E-state index contributed by atoms with van der Waals surface area (Å²) in [7, 11) is 0. The van der Waals surface area contributed by atoms with Gasteiger partial charge in [-0.05, 0) is 35.0 Å². The van der Waals surface area contributed by atoms with Crippen LogP contribution in [0, 0.1) is 0 Å². The van der Waals surface area contributed by atoms with E-state index in [1.54, 1.807) is 22.7 Å². The highest BCUT2D eigenvalue weighted by molar-refractivity contribution is 7.25. The summed E-state index contributed by atoms with van der Waals surface area (Å²) < 4.78 is 1.87. The van der Waals surface area contributed by atoms with Crippen molar-refractivity contribution in [2.75, 3.05) is 0 Å². The van der Waals surface area contributed by atoms with E-state index in [2.05, 4.69) is 10.3 Å². The lowest BCUT2D eigenvalue weighted by Gasteiger charge is -2.06. The van der Waals surface area contributed by atoms with E-state index < -0.39 is 0 Å². The number of nitrogens with one attached hydrogen (secondary N) is 1. The van der Waals surface area contributed by atoms with Crippen molar-refractivity contribution in [2.24, 2.45) is 0 Å². The van der Waals surface area contributed by atoms with Crippen LogP contribution in [0.3, 0.4) is 0 Å². The van der Waals surface area contributed by atoms with Gasteiger partial charge in [0.25, 0.3) is 5.56 Å². The molecule has 0 aliphatic heterocycles. The smallest absolute Gasteiger partial charge is 0.271 e. The van der Waals surface area contributed by atoms with E-state index in [4.69, 9.17) is 4.98 Å². The van der Waals surface area contributed by atoms with E-state index in [0.717, 1.165) is 25.7 Å². The maximum atomic E-state index is 12.9. The first kappa shape index (κ1) is 18.2. The Bertz CT molecular complexity index is 1370. The second-order valence-electron chi connectivity index (χ2n) is 6.34. The fraction of sp³-hybridized carbons (Fsp3) is 0.100. The quantitative estimate of drug-likeness (QED) is 0.448. The molecule has 0 saturated carbocycles. The highest BCUT2D eigenvalue weighted by Gasteiger charge is 2.15. The Labute approximate surface area is 177 Å². The largest absolute Gasteiger partial charge is 0.350 e. The van der Waals surface area contributed by atoms with Crippen LogP contribution in [0.1, 0.15) is 4.88 Å². The van der Waals surface area contributed by atoms with Gasteiger partial charge in [0.1, 0.15) is 16.1 Å². The minimum atomic E-state index is -0.221. The van der Waals surface area contributed by atoms with Crippen LogP contribution in [0.5, 0.6) is 0 Å². The van der Waals surface area contributed by atoms with Crippen molar-refractivity contribution in [2.45, 2.75) is 13.1 Å². The lowest BCUT2D eigenvalue weighted by molar-refractivity contribution is -0.121. The van der Waals surface area contributed by atoms with E-state index in [1.807, 2.05) is 47.2 Å². The number of carbonyl (C=O) groups excluding carboxylic acids is 1. The Morgan fingerprint density at radius 3 is 2.76 bits per heavy atom. The molecular weight excluding hydrogens is 424 g/mol. The Morgan fingerprint density at radius 2 is 1.97 bits per heavy atom. The molecule has 0 atom stereocenters. The van der Waals surface area contributed by atoms with Gasteiger partial charge in [0.15, 0.2) is 0 Å². The maximum Gasteiger partial charge on any atom is 0.271 e. The van der Waals surface area contributed by atoms with Gasteiger partial charge in [-0.3, -0.25) is 14.2 Å². The van der Waals surface area contributed by atoms with Crippen molar-refractivity contribution >= 4 is 60.4 Å². The summed E-state index contributed by atoms with van der Waals surface area (Å²) in [5, 5.41) is 7.66. The molecule has 6 nitrogen and oxygen atoms in total. The predicted molar refractivity (Wildman–Crippen MR) is 119 cm³/mol. The van der Waals surface area contributed by atoms with Crippen molar-refractivity contribution < 1.29 is 4.79 Å². The zero-order valence-electron chi connectivity index (χ0n) is 15.0. The molecule has 0 aromatic carbocycles. The predicted octanol–water partition coefficient (Wildman–Crippen LogP) is 4.11. The van der Waals surface area contributed by atoms with Gasteiger partial charge in [-0.1, -0.05) is 12.1 Å². The highest BCUT2D eigenvalue weighted by atomic mass is 32.1. The average Bonchev–Trinajstić information content (AvgIpc) is 3.49. The Morgan fingerprint density at radius 1 is 1.10 bits per heavy atom. The lowest BCUT2D eigenvalue weighted by atomic mass is 10.2. The van der Waals surface area contributed by atoms with Crippen molar-refractivity contribution in [3.63, 3.8) is 0 Å². The Balaban J connectivity index is 1.45. The van der Waals surface area contributed by atoms with Crippen LogP contribution < -0.4 is 10.9 Å². The van der Waals surface area contributed by atoms with Gasteiger partial charge in [0, 0.05) is 10.3 Å². The van der Waals surface area contributed by atoms with Crippen molar-refractivity contribution in [3.8, 4) is 10.6 Å². The topological polar surface area (TPSA) is 76.9 Å². The number of aromatic nitrogens is 3. The molecular formula is C20H14N4O2S3. The SMILES string of the molecule is O=C(Cn1cnc2c(sc3nc(-c4cccs4)ccc32)c1=O)NCc1cccs1. The van der Waals surface area contributed by atoms with Crippen LogP contribution in [0.4, 0.5) is 0 Å². The summed E-state index contributed by atoms with van der Waals surface area (Å²) >= 11 is 4.52. The van der Waals surface area contributed by atoms with Crippen LogP contribution in [0.2, 0.25) is 0 Å². The van der Waals surface area contributed by atoms with Gasteiger partial charge >= 0.3 is 0 Å². The number of hydrogen-bond donors (Lipinski definition) is 1. The van der Waals surface area contributed by atoms with Crippen molar-refractivity contribution in [1.29, 1.82) is 0 Å². The number of thiophene rings is 3. The summed E-state index contributed by atoms with van der Waals surface area (Å²) in [6.07, 6.45) is 1.44. The third-order valence-corrected chi connectivity index (χ3v) is 7.28. The van der Waals surface area contributed by atoms with E-state index in [1.165, 1.54) is 22.2 Å². The van der Waals surface area contributed by atoms with E-state index in [9.17, 15) is 9.59 Å². The van der Waals surface area contributed by atoms with E-state index >= 15 is 0 Å². The molecule has 5 rings (SSSR count). The molecule has 0 saturated heterocycles. The molecule has 9 heteroatoms. The summed E-state index contributed by atoms with van der Waals surface area (Å²) in [6.45, 7) is 0.397. The monoisotopic (exact) mass is 438 g/mol. The first-order valence-corrected chi connectivity index (χ1v) is 11.4. The molecule has 5 heterocycles. The van der Waals surface area contributed by atoms with Gasteiger partial charge in [-0.15, -0.1) is 34.0 Å². The molecule has 5 aromatic heterocycles. The fourth-order valence-electron chi connectivity index (χ4n) is 3.03. The summed E-state index contributed by atoms with van der Waals surface area (Å²) in [5.41, 5.74) is 1.30. The number of fused-ring (bicyclic) bond motifs is 3. The van der Waals surface area contributed by atoms with Crippen LogP contribution in [0.25, 0.3) is 31.0 Å². The number of nitrogens with zero attached hydrogens (tertiary/aromatic N) is 3. The van der Waals surface area contributed by atoms with Crippen molar-refractivity contribution in [3.05, 3.63) is 68.7 Å². The Hall–Kier alpha value is -2.88. The molecule has 144 valence electrons. The number of amides is 1. The minimum Gasteiger partial charge on any atom is -0.350 e. The van der Waals surface area contributed by atoms with Gasteiger partial charge in [0.05, 0.1) is 29.0 Å². The lowest BCUT2D eigenvalue weighted by Crippen LogP contribution is -2.31. The fourth-order valence-corrected chi connectivity index (χ4v) is 5.45. The molecule has 1 N–H and O–H groups in total. The first-order valence-electron chi connectivity index (χ1n) is 8.81. The Kier molecular flexibility index (Phi) is 4.70. The molecule has 0 bridgehead atoms. The highest BCUT2D eigenvalue weighted by Crippen LogP contribution is 2.32. The number of carbonyl (C=O) groups is 1. The molecule has 0 spiro atoms. The molecule has 0 aliphatic carbocycles. The normalized spacial score (nSPS) is 11.3. The van der Waals surface area contributed by atoms with E-state index in [0.29, 0.717) is 16.8 Å². The van der Waals surface area contributed by atoms with Gasteiger partial charge in [-0.2, -0.15) is 0 Å². The number of hydrogen-bond acceptors (Lipinski definition) is 7. The maximum absolute atomic E-state index is 12.9. The second-order valence-corrected chi connectivity index (χ2v) is 9.32. The molecule has 1 amide bonds. The second kappa shape index (κ2) is 7.51. The van der Waals surface area contributed by atoms with Gasteiger partial charge in [-0.25, -0.2) is 9.97 Å². The molecule has 0 aliphatic rings. The summed E-state index contributed by atoms with van der Waals surface area (Å²) in [4.78, 5) is 37.2. The zero-order valence-corrected chi connectivity index (χ0v) is 17.4. The molecule has 29 heavy (non-hydrogen) atoms. The molecule has 0 fully saturated rings. The third kappa shape index (κ3) is 3.48. The summed E-state index contributed by atoms with van der Waals surface area (Å²) in [6, 6.07) is 11.8. The van der Waals surface area contributed by atoms with Crippen LogP contribution in [-0.2, 0) is 17.9 Å². The van der Waals surface area contributed by atoms with Crippen LogP contribution >= 0.6 is 34.0 Å². The van der Waals surface area contributed by atoms with E-state index in [-0.39, 0.29) is 18.0 Å². The van der Waals surface area contributed by atoms with Crippen LogP contribution in [0.15, 0.2) is 58.3 Å². The zero-order chi connectivity index (χ0) is 19.8.